The smallest absolute Gasteiger partial charge is 0.337 e. The molecule has 8 nitrogen and oxygen atoms in total. The first-order valence-corrected chi connectivity index (χ1v) is 10.3. The number of nitrogens with one attached hydrogen (secondary N) is 1. The summed E-state index contributed by atoms with van der Waals surface area (Å²) >= 11 is 0. The van der Waals surface area contributed by atoms with Crippen molar-refractivity contribution in [3.05, 3.63) is 48.2 Å². The fourth-order valence-corrected chi connectivity index (χ4v) is 3.65. The number of hydrogen-bond acceptors (Lipinski definition) is 6. The van der Waals surface area contributed by atoms with Crippen molar-refractivity contribution in [1.29, 1.82) is 0 Å². The van der Waals surface area contributed by atoms with Crippen molar-refractivity contribution in [1.82, 2.24) is 4.98 Å². The maximum Gasteiger partial charge on any atom is 0.337 e. The van der Waals surface area contributed by atoms with Gasteiger partial charge in [-0.2, -0.15) is 0 Å². The fraction of sp³-hybridized carbons (Fsp3) is 0.333. The van der Waals surface area contributed by atoms with Crippen molar-refractivity contribution in [2.75, 3.05) is 46.5 Å². The molecule has 0 atom stereocenters. The van der Waals surface area contributed by atoms with Crippen LogP contribution in [0.5, 0.6) is 0 Å². The molecule has 1 aromatic carbocycles. The lowest BCUT2D eigenvalue weighted by Crippen LogP contribution is -2.47. The maximum absolute atomic E-state index is 11.7. The third-order valence-corrected chi connectivity index (χ3v) is 5.78. The van der Waals surface area contributed by atoms with Crippen molar-refractivity contribution in [2.24, 2.45) is 0 Å². The van der Waals surface area contributed by atoms with Crippen molar-refractivity contribution >= 4 is 33.2 Å². The van der Waals surface area contributed by atoms with Crippen LogP contribution in [0, 0.1) is 0 Å². The Kier molecular flexibility index (Phi) is 5.50. The largest absolute Gasteiger partial charge is 0.478 e. The highest BCUT2D eigenvalue weighted by Crippen LogP contribution is 2.27. The number of benzene rings is 1. The zero-order valence-corrected chi connectivity index (χ0v) is 15.8. The monoisotopic (exact) mass is 390 g/mol. The summed E-state index contributed by atoms with van der Waals surface area (Å²) in [6, 6.07) is 10.4. The Morgan fingerprint density at radius 3 is 2.44 bits per heavy atom. The number of nitrogens with zero attached hydrogens (tertiary/aromatic N) is 3. The van der Waals surface area contributed by atoms with E-state index in [4.69, 9.17) is 0 Å². The molecule has 1 aliphatic heterocycles. The summed E-state index contributed by atoms with van der Waals surface area (Å²) in [5, 5.41) is 9.58. The summed E-state index contributed by atoms with van der Waals surface area (Å²) in [5.74, 6) is -0.262. The molecule has 0 aliphatic carbocycles. The number of anilines is 3. The molecule has 0 unspecified atom stereocenters. The summed E-state index contributed by atoms with van der Waals surface area (Å²) in [7, 11) is -3.46. The zero-order chi connectivity index (χ0) is 19.4. The van der Waals surface area contributed by atoms with E-state index in [-0.39, 0.29) is 17.0 Å². The van der Waals surface area contributed by atoms with Crippen LogP contribution >= 0.6 is 0 Å². The number of aromatic carboxylic acids is 1. The summed E-state index contributed by atoms with van der Waals surface area (Å²) in [5.41, 5.74) is 0.922. The third-order valence-electron chi connectivity index (χ3n) is 4.47. The predicted molar refractivity (Wildman–Crippen MR) is 105 cm³/mol. The van der Waals surface area contributed by atoms with Gasteiger partial charge in [0.15, 0.2) is 0 Å². The molecule has 0 radical (unpaired) electrons. The van der Waals surface area contributed by atoms with Crippen LogP contribution in [0.1, 0.15) is 17.3 Å². The average molecular weight is 390 g/mol. The van der Waals surface area contributed by atoms with Crippen LogP contribution in [0.25, 0.3) is 0 Å². The molecule has 1 fully saturated rings. The Hall–Kier alpha value is -2.81. The Bertz CT molecular complexity index is 910. The molecule has 2 aromatic rings. The number of aromatic nitrogens is 1. The Morgan fingerprint density at radius 2 is 1.85 bits per heavy atom. The highest BCUT2D eigenvalue weighted by atomic mass is 32.2. The summed E-state index contributed by atoms with van der Waals surface area (Å²) in [4.78, 5) is 20.2. The van der Waals surface area contributed by atoms with Gasteiger partial charge in [-0.25, -0.2) is 18.2 Å². The maximum atomic E-state index is 11.7. The number of carboxylic acid groups (broad SMARTS) is 1. The van der Waals surface area contributed by atoms with Gasteiger partial charge >= 0.3 is 5.97 Å². The molecule has 3 rings (SSSR count). The van der Waals surface area contributed by atoms with Crippen molar-refractivity contribution in [3.63, 3.8) is 0 Å². The molecule has 0 bridgehead atoms. The second-order valence-electron chi connectivity index (χ2n) is 6.20. The molecule has 1 aliphatic rings. The van der Waals surface area contributed by atoms with Gasteiger partial charge in [-0.05, 0) is 37.3 Å². The minimum Gasteiger partial charge on any atom is -0.478 e. The molecule has 9 heteroatoms. The van der Waals surface area contributed by atoms with E-state index in [9.17, 15) is 18.3 Å². The molecular formula is C18H22N4O4S. The van der Waals surface area contributed by atoms with Crippen LogP contribution in [-0.2, 0) is 10.0 Å². The molecule has 1 aromatic heterocycles. The summed E-state index contributed by atoms with van der Waals surface area (Å²) in [6.07, 6.45) is 1.75. The lowest BCUT2D eigenvalue weighted by atomic mass is 10.1. The Morgan fingerprint density at radius 1 is 1.15 bits per heavy atom. The quantitative estimate of drug-likeness (QED) is 0.776. The molecule has 0 amide bonds. The van der Waals surface area contributed by atoms with E-state index in [0.717, 1.165) is 18.9 Å². The van der Waals surface area contributed by atoms with Crippen LogP contribution in [0.4, 0.5) is 17.2 Å². The van der Waals surface area contributed by atoms with Gasteiger partial charge in [0.05, 0.1) is 17.0 Å². The Balaban J connectivity index is 1.78. The van der Waals surface area contributed by atoms with Crippen molar-refractivity contribution in [3.8, 4) is 0 Å². The minimum atomic E-state index is -3.46. The fourth-order valence-electron chi connectivity index (χ4n) is 3.02. The van der Waals surface area contributed by atoms with Gasteiger partial charge in [-0.1, -0.05) is 6.07 Å². The zero-order valence-electron chi connectivity index (χ0n) is 15.0. The van der Waals surface area contributed by atoms with Crippen LogP contribution < -0.4 is 14.5 Å². The highest BCUT2D eigenvalue weighted by Gasteiger charge is 2.23. The number of sulfonamides is 1. The molecule has 144 valence electrons. The van der Waals surface area contributed by atoms with Gasteiger partial charge in [-0.3, -0.25) is 4.72 Å². The van der Waals surface area contributed by atoms with E-state index in [1.807, 2.05) is 23.1 Å². The number of carboxylic acids is 1. The number of pyridine rings is 1. The van der Waals surface area contributed by atoms with E-state index in [1.54, 1.807) is 18.3 Å². The molecule has 0 spiro atoms. The van der Waals surface area contributed by atoms with Gasteiger partial charge in [0.2, 0.25) is 10.0 Å². The van der Waals surface area contributed by atoms with E-state index in [2.05, 4.69) is 14.6 Å². The molecule has 2 heterocycles. The van der Waals surface area contributed by atoms with Crippen molar-refractivity contribution < 1.29 is 18.3 Å². The van der Waals surface area contributed by atoms with Gasteiger partial charge in [-0.15, -0.1) is 0 Å². The molecule has 2 N–H and O–H groups in total. The Labute approximate surface area is 158 Å². The van der Waals surface area contributed by atoms with Crippen LogP contribution in [0.2, 0.25) is 0 Å². The molecule has 0 saturated carbocycles. The highest BCUT2D eigenvalue weighted by molar-refractivity contribution is 7.92. The second kappa shape index (κ2) is 7.83. The standard InChI is InChI=1S/C18H22N4O4S/c1-2-27(25,26)20-14-6-7-16(15(13-14)18(23)24)21-9-11-22(12-10-21)17-5-3-4-8-19-17/h3-8,13,20H,2,9-12H2,1H3,(H,23,24). The lowest BCUT2D eigenvalue weighted by Gasteiger charge is -2.37. The first kappa shape index (κ1) is 19.0. The van der Waals surface area contributed by atoms with Gasteiger partial charge < -0.3 is 14.9 Å². The van der Waals surface area contributed by atoms with Crippen LogP contribution in [0.15, 0.2) is 42.6 Å². The minimum absolute atomic E-state index is 0.0767. The molecule has 27 heavy (non-hydrogen) atoms. The van der Waals surface area contributed by atoms with Gasteiger partial charge in [0.25, 0.3) is 0 Å². The summed E-state index contributed by atoms with van der Waals surface area (Å²) in [6.45, 7) is 4.27. The van der Waals surface area contributed by atoms with Crippen molar-refractivity contribution in [2.45, 2.75) is 6.92 Å². The van der Waals surface area contributed by atoms with E-state index in [0.29, 0.717) is 18.8 Å². The molecule has 1 saturated heterocycles. The van der Waals surface area contributed by atoms with E-state index >= 15 is 0 Å². The first-order chi connectivity index (χ1) is 12.9. The number of rotatable bonds is 6. The van der Waals surface area contributed by atoms with Gasteiger partial charge in [0, 0.05) is 38.1 Å². The number of piperazine rings is 1. The first-order valence-electron chi connectivity index (χ1n) is 8.68. The number of carbonyl (C=O) groups is 1. The second-order valence-corrected chi connectivity index (χ2v) is 8.22. The van der Waals surface area contributed by atoms with Crippen LogP contribution in [-0.4, -0.2) is 56.4 Å². The summed E-state index contributed by atoms with van der Waals surface area (Å²) < 4.78 is 25.8. The van der Waals surface area contributed by atoms with Gasteiger partial charge in [0.1, 0.15) is 5.82 Å². The third kappa shape index (κ3) is 4.48. The predicted octanol–water partition coefficient (Wildman–Crippen LogP) is 1.87. The topological polar surface area (TPSA) is 103 Å². The normalized spacial score (nSPS) is 14.9. The lowest BCUT2D eigenvalue weighted by molar-refractivity contribution is 0.0697. The van der Waals surface area contributed by atoms with Crippen LogP contribution in [0.3, 0.4) is 0 Å². The molecular weight excluding hydrogens is 368 g/mol. The number of hydrogen-bond donors (Lipinski definition) is 2. The van der Waals surface area contributed by atoms with E-state index < -0.39 is 16.0 Å². The average Bonchev–Trinajstić information content (AvgIpc) is 2.68. The SMILES string of the molecule is CCS(=O)(=O)Nc1ccc(N2CCN(c3ccccn3)CC2)c(C(=O)O)c1. The van der Waals surface area contributed by atoms with E-state index in [1.165, 1.54) is 13.0 Å².